The van der Waals surface area contributed by atoms with E-state index in [2.05, 4.69) is 10.4 Å². The fourth-order valence-corrected chi connectivity index (χ4v) is 5.29. The van der Waals surface area contributed by atoms with Crippen LogP contribution < -0.4 is 11.1 Å². The predicted molar refractivity (Wildman–Crippen MR) is 147 cm³/mol. The topological polar surface area (TPSA) is 107 Å². The van der Waals surface area contributed by atoms with Crippen molar-refractivity contribution in [2.45, 2.75) is 18.4 Å². The van der Waals surface area contributed by atoms with Crippen LogP contribution in [0.15, 0.2) is 95.9 Å². The highest BCUT2D eigenvalue weighted by atomic mass is 32.2. The van der Waals surface area contributed by atoms with E-state index in [1.54, 1.807) is 25.1 Å². The SMILES string of the molecule is Cc1cc(C(=O)Nc2ccc(-c3ccccc3CN)cc2)n(-c2cc3ccccc3cc2S(C)(=O)=O)n1. The summed E-state index contributed by atoms with van der Waals surface area (Å²) >= 11 is 0. The highest BCUT2D eigenvalue weighted by molar-refractivity contribution is 7.90. The summed E-state index contributed by atoms with van der Waals surface area (Å²) in [5.41, 5.74) is 10.7. The van der Waals surface area contributed by atoms with Crippen LogP contribution in [-0.2, 0) is 16.4 Å². The maximum atomic E-state index is 13.4. The maximum Gasteiger partial charge on any atom is 0.274 e. The molecule has 0 bridgehead atoms. The second kappa shape index (κ2) is 9.65. The third kappa shape index (κ3) is 4.89. The van der Waals surface area contributed by atoms with Crippen LogP contribution in [0.1, 0.15) is 21.7 Å². The van der Waals surface area contributed by atoms with Crippen LogP contribution in [-0.4, -0.2) is 30.4 Å². The zero-order chi connectivity index (χ0) is 26.2. The summed E-state index contributed by atoms with van der Waals surface area (Å²) in [5.74, 6) is -0.400. The average Bonchev–Trinajstić information content (AvgIpc) is 3.29. The zero-order valence-corrected chi connectivity index (χ0v) is 21.3. The summed E-state index contributed by atoms with van der Waals surface area (Å²) < 4.78 is 26.8. The van der Waals surface area contributed by atoms with Crippen LogP contribution in [0.25, 0.3) is 27.6 Å². The van der Waals surface area contributed by atoms with Crippen molar-refractivity contribution in [1.29, 1.82) is 0 Å². The van der Waals surface area contributed by atoms with Gasteiger partial charge in [-0.15, -0.1) is 0 Å². The molecule has 0 aliphatic carbocycles. The van der Waals surface area contributed by atoms with Gasteiger partial charge in [0.2, 0.25) is 0 Å². The first-order chi connectivity index (χ1) is 17.7. The number of fused-ring (bicyclic) bond motifs is 1. The van der Waals surface area contributed by atoms with E-state index in [4.69, 9.17) is 5.73 Å². The first-order valence-electron chi connectivity index (χ1n) is 11.7. The van der Waals surface area contributed by atoms with Crippen molar-refractivity contribution in [2.75, 3.05) is 11.6 Å². The third-order valence-electron chi connectivity index (χ3n) is 6.21. The second-order valence-corrected chi connectivity index (χ2v) is 10.9. The average molecular weight is 511 g/mol. The quantitative estimate of drug-likeness (QED) is 0.330. The minimum Gasteiger partial charge on any atom is -0.326 e. The Kier molecular flexibility index (Phi) is 6.37. The molecule has 0 atom stereocenters. The molecule has 0 saturated carbocycles. The van der Waals surface area contributed by atoms with Crippen molar-refractivity contribution in [3.05, 3.63) is 108 Å². The largest absolute Gasteiger partial charge is 0.326 e. The molecule has 0 fully saturated rings. The van der Waals surface area contributed by atoms with Crippen LogP contribution in [0, 0.1) is 6.92 Å². The lowest BCUT2D eigenvalue weighted by atomic mass is 9.99. The Morgan fingerprint density at radius 3 is 2.24 bits per heavy atom. The van der Waals surface area contributed by atoms with Gasteiger partial charge in [-0.1, -0.05) is 60.7 Å². The van der Waals surface area contributed by atoms with Gasteiger partial charge in [0.15, 0.2) is 9.84 Å². The van der Waals surface area contributed by atoms with Gasteiger partial charge in [0.25, 0.3) is 5.91 Å². The van der Waals surface area contributed by atoms with Gasteiger partial charge in [0.1, 0.15) is 5.69 Å². The highest BCUT2D eigenvalue weighted by Gasteiger charge is 2.22. The summed E-state index contributed by atoms with van der Waals surface area (Å²) in [6.45, 7) is 2.19. The Bertz CT molecular complexity index is 1740. The minimum atomic E-state index is -3.60. The molecule has 0 aliphatic heterocycles. The number of nitrogens with two attached hydrogens (primary N) is 1. The summed E-state index contributed by atoms with van der Waals surface area (Å²) in [6, 6.07) is 27.9. The van der Waals surface area contributed by atoms with Crippen LogP contribution in [0.5, 0.6) is 0 Å². The van der Waals surface area contributed by atoms with Gasteiger partial charge in [-0.2, -0.15) is 5.10 Å². The van der Waals surface area contributed by atoms with E-state index in [9.17, 15) is 13.2 Å². The molecular weight excluding hydrogens is 484 g/mol. The number of rotatable bonds is 6. The van der Waals surface area contributed by atoms with Crippen LogP contribution in [0.3, 0.4) is 0 Å². The van der Waals surface area contributed by atoms with Gasteiger partial charge in [-0.3, -0.25) is 4.79 Å². The number of hydrogen-bond donors (Lipinski definition) is 2. The van der Waals surface area contributed by atoms with Crippen molar-refractivity contribution in [3.8, 4) is 16.8 Å². The number of anilines is 1. The molecule has 1 amide bonds. The number of sulfone groups is 1. The number of nitrogens with zero attached hydrogens (tertiary/aromatic N) is 2. The standard InChI is InChI=1S/C29H26N4O3S/c1-19-15-27(29(34)31-24-13-11-20(12-14-24)25-10-6-5-9-23(25)18-30)33(32-19)26-16-21-7-3-4-8-22(21)17-28(26)37(2,35)36/h3-17H,18,30H2,1-2H3,(H,31,34). The summed E-state index contributed by atoms with van der Waals surface area (Å²) in [7, 11) is -3.60. The van der Waals surface area contributed by atoms with Crippen molar-refractivity contribution < 1.29 is 13.2 Å². The van der Waals surface area contributed by atoms with Gasteiger partial charge in [-0.25, -0.2) is 13.1 Å². The normalized spacial score (nSPS) is 11.5. The van der Waals surface area contributed by atoms with Gasteiger partial charge >= 0.3 is 0 Å². The van der Waals surface area contributed by atoms with Crippen molar-refractivity contribution in [1.82, 2.24) is 9.78 Å². The number of carbonyl (C=O) groups excluding carboxylic acids is 1. The van der Waals surface area contributed by atoms with Gasteiger partial charge in [0, 0.05) is 18.5 Å². The Morgan fingerprint density at radius 2 is 1.57 bits per heavy atom. The van der Waals surface area contributed by atoms with E-state index in [0.29, 0.717) is 23.6 Å². The molecule has 7 nitrogen and oxygen atoms in total. The number of benzene rings is 4. The lowest BCUT2D eigenvalue weighted by Crippen LogP contribution is -2.18. The molecule has 37 heavy (non-hydrogen) atoms. The Labute approximate surface area is 215 Å². The van der Waals surface area contributed by atoms with Crippen molar-refractivity contribution in [3.63, 3.8) is 0 Å². The first-order valence-corrected chi connectivity index (χ1v) is 13.6. The minimum absolute atomic E-state index is 0.103. The third-order valence-corrected chi connectivity index (χ3v) is 7.34. The molecule has 1 heterocycles. The number of hydrogen-bond acceptors (Lipinski definition) is 5. The molecule has 0 saturated heterocycles. The fraction of sp³-hybridized carbons (Fsp3) is 0.103. The van der Waals surface area contributed by atoms with E-state index in [0.717, 1.165) is 33.7 Å². The number of aromatic nitrogens is 2. The van der Waals surface area contributed by atoms with Crippen molar-refractivity contribution >= 4 is 32.2 Å². The molecule has 0 unspecified atom stereocenters. The molecule has 0 spiro atoms. The number of carbonyl (C=O) groups is 1. The first kappa shape index (κ1) is 24.4. The van der Waals surface area contributed by atoms with Crippen molar-refractivity contribution in [2.24, 2.45) is 5.73 Å². The Hall–Kier alpha value is -4.27. The number of aryl methyl sites for hydroxylation is 1. The molecule has 1 aromatic heterocycles. The van der Waals surface area contributed by atoms with E-state index in [1.165, 1.54) is 4.68 Å². The number of nitrogens with one attached hydrogen (secondary N) is 1. The maximum absolute atomic E-state index is 13.4. The lowest BCUT2D eigenvalue weighted by molar-refractivity contribution is 0.101. The molecule has 0 radical (unpaired) electrons. The Morgan fingerprint density at radius 1 is 0.919 bits per heavy atom. The molecule has 0 aliphatic rings. The molecule has 186 valence electrons. The van der Waals surface area contributed by atoms with Crippen LogP contribution >= 0.6 is 0 Å². The lowest BCUT2D eigenvalue weighted by Gasteiger charge is -2.14. The van der Waals surface area contributed by atoms with E-state index < -0.39 is 15.7 Å². The molecule has 4 aromatic carbocycles. The molecular formula is C29H26N4O3S. The molecule has 5 rings (SSSR count). The van der Waals surface area contributed by atoms with Gasteiger partial charge < -0.3 is 11.1 Å². The second-order valence-electron chi connectivity index (χ2n) is 8.91. The van der Waals surface area contributed by atoms with Gasteiger partial charge in [-0.05, 0) is 64.7 Å². The van der Waals surface area contributed by atoms with Crippen LogP contribution in [0.2, 0.25) is 0 Å². The summed E-state index contributed by atoms with van der Waals surface area (Å²) in [6.07, 6.45) is 1.15. The molecule has 5 aromatic rings. The molecule has 3 N–H and O–H groups in total. The fourth-order valence-electron chi connectivity index (χ4n) is 4.42. The van der Waals surface area contributed by atoms with E-state index in [-0.39, 0.29) is 10.6 Å². The zero-order valence-electron chi connectivity index (χ0n) is 20.5. The summed E-state index contributed by atoms with van der Waals surface area (Å²) in [4.78, 5) is 13.5. The predicted octanol–water partition coefficient (Wildman–Crippen LogP) is 5.12. The van der Waals surface area contributed by atoms with E-state index >= 15 is 0 Å². The Balaban J connectivity index is 1.51. The van der Waals surface area contributed by atoms with E-state index in [1.807, 2.05) is 72.8 Å². The summed E-state index contributed by atoms with van der Waals surface area (Å²) in [5, 5.41) is 9.02. The van der Waals surface area contributed by atoms with Gasteiger partial charge in [0.05, 0.1) is 16.3 Å². The van der Waals surface area contributed by atoms with Crippen LogP contribution in [0.4, 0.5) is 5.69 Å². The monoisotopic (exact) mass is 510 g/mol. The molecule has 8 heteroatoms. The smallest absolute Gasteiger partial charge is 0.274 e. The number of amides is 1. The highest BCUT2D eigenvalue weighted by Crippen LogP contribution is 2.29.